The zero-order valence-electron chi connectivity index (χ0n) is 12.0. The second-order valence-electron chi connectivity index (χ2n) is 6.92. The van der Waals surface area contributed by atoms with Crippen LogP contribution in [0.25, 0.3) is 0 Å². The number of rotatable bonds is 5. The summed E-state index contributed by atoms with van der Waals surface area (Å²) in [6.45, 7) is 0.593. The normalized spacial score (nSPS) is 45.2. The molecule has 6 unspecified atom stereocenters. The molecule has 112 valence electrons. The van der Waals surface area contributed by atoms with E-state index in [1.54, 1.807) is 0 Å². The van der Waals surface area contributed by atoms with Crippen molar-refractivity contribution in [2.24, 2.45) is 11.8 Å². The van der Waals surface area contributed by atoms with Gasteiger partial charge in [0.15, 0.2) is 0 Å². The lowest BCUT2D eigenvalue weighted by Crippen LogP contribution is -2.24. The second-order valence-corrected chi connectivity index (χ2v) is 6.92. The van der Waals surface area contributed by atoms with Crippen LogP contribution in [-0.4, -0.2) is 37.0 Å². The Morgan fingerprint density at radius 1 is 0.950 bits per heavy atom. The smallest absolute Gasteiger partial charge is 0.309 e. The molecule has 2 aliphatic heterocycles. The lowest BCUT2D eigenvalue weighted by Gasteiger charge is -2.20. The number of carbonyl (C=O) groups is 1. The zero-order chi connectivity index (χ0) is 13.5. The van der Waals surface area contributed by atoms with Gasteiger partial charge in [0.1, 0.15) is 0 Å². The van der Waals surface area contributed by atoms with Crippen molar-refractivity contribution in [2.45, 2.75) is 75.8 Å². The number of hydrogen-bond donors (Lipinski definition) is 0. The maximum absolute atomic E-state index is 12.0. The van der Waals surface area contributed by atoms with Crippen molar-refractivity contribution in [3.63, 3.8) is 0 Å². The van der Waals surface area contributed by atoms with Crippen LogP contribution in [0.4, 0.5) is 0 Å². The number of epoxide rings is 2. The number of fused-ring (bicyclic) bond motifs is 2. The third kappa shape index (κ3) is 2.86. The molecule has 4 rings (SSSR count). The van der Waals surface area contributed by atoms with Crippen molar-refractivity contribution in [2.75, 3.05) is 6.61 Å². The minimum absolute atomic E-state index is 0.00758. The molecule has 0 radical (unpaired) electrons. The first-order chi connectivity index (χ1) is 9.79. The van der Waals surface area contributed by atoms with Crippen LogP contribution in [0.15, 0.2) is 0 Å². The van der Waals surface area contributed by atoms with E-state index in [9.17, 15) is 4.79 Å². The van der Waals surface area contributed by atoms with Crippen LogP contribution in [-0.2, 0) is 19.0 Å². The van der Waals surface area contributed by atoms with E-state index in [4.69, 9.17) is 14.2 Å². The van der Waals surface area contributed by atoms with Crippen molar-refractivity contribution in [3.05, 3.63) is 0 Å². The molecule has 0 N–H and O–H groups in total. The molecular formula is C16H24O4. The largest absolute Gasteiger partial charge is 0.465 e. The summed E-state index contributed by atoms with van der Waals surface area (Å²) in [5.41, 5.74) is 0. The highest BCUT2D eigenvalue weighted by Gasteiger charge is 2.46. The van der Waals surface area contributed by atoms with Crippen molar-refractivity contribution >= 4 is 5.97 Å². The van der Waals surface area contributed by atoms with Crippen LogP contribution in [0, 0.1) is 11.8 Å². The summed E-state index contributed by atoms with van der Waals surface area (Å²) >= 11 is 0. The molecule has 2 aliphatic carbocycles. The summed E-state index contributed by atoms with van der Waals surface area (Å²) in [5.74, 6) is 0.884. The van der Waals surface area contributed by atoms with Crippen LogP contribution in [0.2, 0.25) is 0 Å². The van der Waals surface area contributed by atoms with Gasteiger partial charge >= 0.3 is 5.97 Å². The van der Waals surface area contributed by atoms with E-state index in [0.717, 1.165) is 31.6 Å². The number of ether oxygens (including phenoxy) is 3. The van der Waals surface area contributed by atoms with Gasteiger partial charge in [-0.15, -0.1) is 0 Å². The third-order valence-electron chi connectivity index (χ3n) is 5.45. The van der Waals surface area contributed by atoms with Gasteiger partial charge in [-0.25, -0.2) is 0 Å². The Bertz CT molecular complexity index is 383. The second kappa shape index (κ2) is 5.30. The van der Waals surface area contributed by atoms with Crippen LogP contribution in [0.1, 0.15) is 51.4 Å². The van der Waals surface area contributed by atoms with Crippen LogP contribution >= 0.6 is 0 Å². The summed E-state index contributed by atoms with van der Waals surface area (Å²) in [5, 5.41) is 0. The first-order valence-corrected chi connectivity index (χ1v) is 8.27. The fourth-order valence-electron chi connectivity index (χ4n) is 4.03. The van der Waals surface area contributed by atoms with Crippen molar-refractivity contribution < 1.29 is 19.0 Å². The molecule has 4 heteroatoms. The zero-order valence-corrected chi connectivity index (χ0v) is 12.0. The van der Waals surface area contributed by atoms with E-state index in [1.165, 1.54) is 25.7 Å². The van der Waals surface area contributed by atoms with Gasteiger partial charge in [-0.1, -0.05) is 0 Å². The molecule has 0 amide bonds. The van der Waals surface area contributed by atoms with E-state index in [2.05, 4.69) is 0 Å². The average Bonchev–Trinajstić information content (AvgIpc) is 3.35. The van der Waals surface area contributed by atoms with Crippen molar-refractivity contribution in [1.82, 2.24) is 0 Å². The quantitative estimate of drug-likeness (QED) is 0.441. The predicted octanol–water partition coefficient (Wildman–Crippen LogP) is 2.44. The first kappa shape index (κ1) is 13.1. The van der Waals surface area contributed by atoms with Crippen LogP contribution in [0.3, 0.4) is 0 Å². The molecule has 2 saturated heterocycles. The van der Waals surface area contributed by atoms with E-state index >= 15 is 0 Å². The fraction of sp³-hybridized carbons (Fsp3) is 0.938. The minimum atomic E-state index is 0.00758. The molecule has 6 atom stereocenters. The summed E-state index contributed by atoms with van der Waals surface area (Å²) < 4.78 is 16.5. The molecule has 2 heterocycles. The highest BCUT2D eigenvalue weighted by Crippen LogP contribution is 2.41. The Morgan fingerprint density at radius 2 is 1.70 bits per heavy atom. The van der Waals surface area contributed by atoms with Gasteiger partial charge in [-0.05, 0) is 57.3 Å². The van der Waals surface area contributed by atoms with E-state index < -0.39 is 0 Å². The number of esters is 1. The highest BCUT2D eigenvalue weighted by molar-refractivity contribution is 5.72. The Morgan fingerprint density at radius 3 is 2.45 bits per heavy atom. The van der Waals surface area contributed by atoms with Gasteiger partial charge in [0.05, 0.1) is 36.9 Å². The maximum Gasteiger partial charge on any atom is 0.309 e. The molecule has 4 aliphatic rings. The van der Waals surface area contributed by atoms with Crippen LogP contribution in [0.5, 0.6) is 0 Å². The first-order valence-electron chi connectivity index (χ1n) is 8.27. The molecule has 0 aromatic heterocycles. The third-order valence-corrected chi connectivity index (χ3v) is 5.45. The van der Waals surface area contributed by atoms with Crippen molar-refractivity contribution in [1.29, 1.82) is 0 Å². The SMILES string of the molecule is O=C(OCCCC1CCC2OC2C1)C1CCC2OC2C1. The van der Waals surface area contributed by atoms with Crippen molar-refractivity contribution in [3.8, 4) is 0 Å². The maximum atomic E-state index is 12.0. The van der Waals surface area contributed by atoms with Gasteiger partial charge in [0.25, 0.3) is 0 Å². The fourth-order valence-corrected chi connectivity index (χ4v) is 4.03. The Hall–Kier alpha value is -0.610. The van der Waals surface area contributed by atoms with Gasteiger partial charge in [-0.2, -0.15) is 0 Å². The predicted molar refractivity (Wildman–Crippen MR) is 72.2 cm³/mol. The minimum Gasteiger partial charge on any atom is -0.465 e. The highest BCUT2D eigenvalue weighted by atomic mass is 16.6. The van der Waals surface area contributed by atoms with Gasteiger partial charge in [-0.3, -0.25) is 4.79 Å². The van der Waals surface area contributed by atoms with Crippen LogP contribution < -0.4 is 0 Å². The monoisotopic (exact) mass is 280 g/mol. The molecule has 4 fully saturated rings. The topological polar surface area (TPSA) is 51.4 Å². The summed E-state index contributed by atoms with van der Waals surface area (Å²) in [4.78, 5) is 12.0. The van der Waals surface area contributed by atoms with E-state index in [0.29, 0.717) is 31.0 Å². The lowest BCUT2D eigenvalue weighted by atomic mass is 9.86. The summed E-state index contributed by atoms with van der Waals surface area (Å²) in [7, 11) is 0. The summed E-state index contributed by atoms with van der Waals surface area (Å²) in [6.07, 6.45) is 10.8. The molecule has 20 heavy (non-hydrogen) atoms. The summed E-state index contributed by atoms with van der Waals surface area (Å²) in [6, 6.07) is 0. The number of hydrogen-bond acceptors (Lipinski definition) is 4. The van der Waals surface area contributed by atoms with E-state index in [1.807, 2.05) is 0 Å². The molecule has 4 nitrogen and oxygen atoms in total. The average molecular weight is 280 g/mol. The molecule has 0 bridgehead atoms. The molecular weight excluding hydrogens is 256 g/mol. The Labute approximate surface area is 120 Å². The van der Waals surface area contributed by atoms with Gasteiger partial charge in [0, 0.05) is 0 Å². The molecule has 2 saturated carbocycles. The Kier molecular flexibility index (Phi) is 3.47. The van der Waals surface area contributed by atoms with Gasteiger partial charge < -0.3 is 14.2 Å². The number of carbonyl (C=O) groups excluding carboxylic acids is 1. The van der Waals surface area contributed by atoms with Gasteiger partial charge in [0.2, 0.25) is 0 Å². The Balaban J connectivity index is 1.11. The molecule has 0 aromatic rings. The standard InChI is InChI=1S/C16H24O4/c17-16(11-4-6-13-15(9-11)20-13)18-7-1-2-10-3-5-12-14(8-10)19-12/h10-15H,1-9H2. The lowest BCUT2D eigenvalue weighted by molar-refractivity contribution is -0.149. The molecule has 0 aromatic carbocycles. The van der Waals surface area contributed by atoms with E-state index in [-0.39, 0.29) is 11.9 Å². The molecule has 0 spiro atoms.